The summed E-state index contributed by atoms with van der Waals surface area (Å²) in [6.07, 6.45) is 0. The molecular weight excluding hydrogens is 402 g/mol. The molecule has 7 nitrogen and oxygen atoms in total. The Morgan fingerprint density at radius 2 is 1.61 bits per heavy atom. The Balaban J connectivity index is 1.57. The summed E-state index contributed by atoms with van der Waals surface area (Å²) < 4.78 is 0. The van der Waals surface area contributed by atoms with Crippen LogP contribution in [0.5, 0.6) is 0 Å². The number of rotatable bonds is 3. The summed E-state index contributed by atoms with van der Waals surface area (Å²) in [6.45, 7) is -0.529. The van der Waals surface area contributed by atoms with E-state index in [9.17, 15) is 19.2 Å². The van der Waals surface area contributed by atoms with Crippen molar-refractivity contribution in [2.45, 2.75) is 0 Å². The molecule has 2 aliphatic heterocycles. The minimum Gasteiger partial charge on any atom is -0.273 e. The topological polar surface area (TPSA) is 87.1 Å². The van der Waals surface area contributed by atoms with E-state index in [1.54, 1.807) is 36.4 Å². The third kappa shape index (κ3) is 3.21. The van der Waals surface area contributed by atoms with Gasteiger partial charge < -0.3 is 0 Å². The van der Waals surface area contributed by atoms with Crippen LogP contribution in [-0.2, 0) is 9.59 Å². The molecule has 2 aromatic rings. The van der Waals surface area contributed by atoms with Crippen molar-refractivity contribution in [2.75, 3.05) is 12.3 Å². The number of thioether (sulfide) groups is 1. The number of fused-ring (bicyclic) bond motifs is 1. The minimum absolute atomic E-state index is 0.0558. The van der Waals surface area contributed by atoms with Gasteiger partial charge in [-0.15, -0.1) is 0 Å². The van der Waals surface area contributed by atoms with Crippen LogP contribution in [0.4, 0.5) is 5.69 Å². The van der Waals surface area contributed by atoms with Gasteiger partial charge in [0.25, 0.3) is 17.7 Å². The highest BCUT2D eigenvalue weighted by molar-refractivity contribution is 8.15. The molecule has 0 unspecified atom stereocenters. The van der Waals surface area contributed by atoms with Crippen LogP contribution in [0, 0.1) is 0 Å². The summed E-state index contributed by atoms with van der Waals surface area (Å²) >= 11 is 6.97. The highest BCUT2D eigenvalue weighted by Gasteiger charge is 2.40. The second-order valence-electron chi connectivity index (χ2n) is 6.02. The summed E-state index contributed by atoms with van der Waals surface area (Å²) in [7, 11) is 0. The van der Waals surface area contributed by atoms with Crippen LogP contribution >= 0.6 is 23.4 Å². The molecule has 1 saturated heterocycles. The Morgan fingerprint density at radius 1 is 1.00 bits per heavy atom. The van der Waals surface area contributed by atoms with Crippen molar-refractivity contribution < 1.29 is 19.2 Å². The Kier molecular flexibility index (Phi) is 4.74. The Labute approximate surface area is 169 Å². The molecular formula is C19H12ClN3O4S. The SMILES string of the molecule is O=C1c2ccccc2C(=O)N1CC(=O)N1C(=O)CSC1=Nc1ccc(Cl)cc1. The number of halogens is 1. The molecule has 4 amide bonds. The lowest BCUT2D eigenvalue weighted by Crippen LogP contribution is -2.45. The summed E-state index contributed by atoms with van der Waals surface area (Å²) in [6, 6.07) is 13.0. The van der Waals surface area contributed by atoms with Gasteiger partial charge in [0, 0.05) is 5.02 Å². The molecule has 0 aromatic heterocycles. The number of hydrogen-bond acceptors (Lipinski definition) is 6. The van der Waals surface area contributed by atoms with Crippen LogP contribution in [0.1, 0.15) is 20.7 Å². The highest BCUT2D eigenvalue weighted by Crippen LogP contribution is 2.26. The molecule has 0 N–H and O–H groups in total. The van der Waals surface area contributed by atoms with Crippen molar-refractivity contribution >= 4 is 57.8 Å². The first-order chi connectivity index (χ1) is 13.5. The molecule has 28 heavy (non-hydrogen) atoms. The lowest BCUT2D eigenvalue weighted by Gasteiger charge is -2.18. The van der Waals surface area contributed by atoms with Crippen molar-refractivity contribution in [1.29, 1.82) is 0 Å². The van der Waals surface area contributed by atoms with E-state index in [0.717, 1.165) is 21.6 Å². The van der Waals surface area contributed by atoms with Gasteiger partial charge in [0.2, 0.25) is 5.91 Å². The van der Waals surface area contributed by atoms with Gasteiger partial charge in [0.15, 0.2) is 5.17 Å². The van der Waals surface area contributed by atoms with Crippen LogP contribution < -0.4 is 0 Å². The number of benzene rings is 2. The molecule has 2 aliphatic rings. The smallest absolute Gasteiger partial charge is 0.262 e. The molecule has 0 spiro atoms. The maximum atomic E-state index is 12.8. The van der Waals surface area contributed by atoms with E-state index in [4.69, 9.17) is 11.6 Å². The molecule has 0 saturated carbocycles. The molecule has 2 aromatic carbocycles. The number of carbonyl (C=O) groups excluding carboxylic acids is 4. The van der Waals surface area contributed by atoms with E-state index in [0.29, 0.717) is 10.7 Å². The van der Waals surface area contributed by atoms with E-state index in [1.807, 2.05) is 0 Å². The van der Waals surface area contributed by atoms with Crippen molar-refractivity contribution in [2.24, 2.45) is 4.99 Å². The molecule has 0 bridgehead atoms. The second-order valence-corrected chi connectivity index (χ2v) is 7.40. The molecule has 9 heteroatoms. The fourth-order valence-corrected chi connectivity index (χ4v) is 3.92. The Bertz CT molecular complexity index is 1020. The number of nitrogens with zero attached hydrogens (tertiary/aromatic N) is 3. The molecule has 1 fully saturated rings. The number of aliphatic imine (C=N–C) groups is 1. The second kappa shape index (κ2) is 7.21. The van der Waals surface area contributed by atoms with Crippen LogP contribution in [-0.4, -0.2) is 50.9 Å². The van der Waals surface area contributed by atoms with E-state index in [-0.39, 0.29) is 22.0 Å². The first-order valence-corrected chi connectivity index (χ1v) is 9.60. The van der Waals surface area contributed by atoms with Gasteiger partial charge in [0.05, 0.1) is 22.6 Å². The number of hydrogen-bond donors (Lipinski definition) is 0. The minimum atomic E-state index is -0.683. The number of carbonyl (C=O) groups is 4. The monoisotopic (exact) mass is 413 g/mol. The molecule has 4 rings (SSSR count). The van der Waals surface area contributed by atoms with Gasteiger partial charge in [-0.3, -0.25) is 24.1 Å². The Morgan fingerprint density at radius 3 is 2.21 bits per heavy atom. The van der Waals surface area contributed by atoms with Crippen molar-refractivity contribution in [3.63, 3.8) is 0 Å². The van der Waals surface area contributed by atoms with E-state index < -0.39 is 30.2 Å². The summed E-state index contributed by atoms with van der Waals surface area (Å²) in [5.74, 6) is -2.18. The maximum absolute atomic E-state index is 12.8. The number of amides is 4. The summed E-state index contributed by atoms with van der Waals surface area (Å²) in [4.78, 5) is 56.0. The highest BCUT2D eigenvalue weighted by atomic mass is 35.5. The summed E-state index contributed by atoms with van der Waals surface area (Å²) in [5.41, 5.74) is 1.02. The zero-order chi connectivity index (χ0) is 19.8. The largest absolute Gasteiger partial charge is 0.273 e. The van der Waals surface area contributed by atoms with Crippen LogP contribution in [0.25, 0.3) is 0 Å². The van der Waals surface area contributed by atoms with E-state index >= 15 is 0 Å². The third-order valence-electron chi connectivity index (χ3n) is 4.24. The van der Waals surface area contributed by atoms with Crippen molar-refractivity contribution in [3.05, 3.63) is 64.7 Å². The number of imide groups is 2. The molecule has 0 radical (unpaired) electrons. The first-order valence-electron chi connectivity index (χ1n) is 8.24. The quantitative estimate of drug-likeness (QED) is 0.722. The van der Waals surface area contributed by atoms with Gasteiger partial charge in [0.1, 0.15) is 6.54 Å². The predicted octanol–water partition coefficient (Wildman–Crippen LogP) is 2.73. The lowest BCUT2D eigenvalue weighted by molar-refractivity contribution is -0.137. The average Bonchev–Trinajstić information content (AvgIpc) is 3.17. The van der Waals surface area contributed by atoms with Gasteiger partial charge in [-0.2, -0.15) is 0 Å². The van der Waals surface area contributed by atoms with Crippen LogP contribution in [0.2, 0.25) is 5.02 Å². The first kappa shape index (κ1) is 18.4. The predicted molar refractivity (Wildman–Crippen MR) is 105 cm³/mol. The van der Waals surface area contributed by atoms with Gasteiger partial charge >= 0.3 is 0 Å². The zero-order valence-electron chi connectivity index (χ0n) is 14.3. The van der Waals surface area contributed by atoms with Crippen LogP contribution in [0.15, 0.2) is 53.5 Å². The molecule has 2 heterocycles. The van der Waals surface area contributed by atoms with E-state index in [2.05, 4.69) is 4.99 Å². The lowest BCUT2D eigenvalue weighted by atomic mass is 10.1. The van der Waals surface area contributed by atoms with Gasteiger partial charge in [-0.05, 0) is 36.4 Å². The Hall–Kier alpha value is -2.97. The van der Waals surface area contributed by atoms with Gasteiger partial charge in [-0.1, -0.05) is 35.5 Å². The van der Waals surface area contributed by atoms with Crippen molar-refractivity contribution in [1.82, 2.24) is 9.80 Å². The average molecular weight is 414 g/mol. The zero-order valence-corrected chi connectivity index (χ0v) is 15.9. The third-order valence-corrected chi connectivity index (χ3v) is 5.41. The summed E-state index contributed by atoms with van der Waals surface area (Å²) in [5, 5.41) is 0.742. The van der Waals surface area contributed by atoms with Gasteiger partial charge in [-0.25, -0.2) is 9.89 Å². The fourth-order valence-electron chi connectivity index (χ4n) is 2.90. The normalized spacial score (nSPS) is 17.6. The van der Waals surface area contributed by atoms with E-state index in [1.165, 1.54) is 12.1 Å². The molecule has 140 valence electrons. The molecule has 0 aliphatic carbocycles. The number of amidine groups is 1. The maximum Gasteiger partial charge on any atom is 0.262 e. The fraction of sp³-hybridized carbons (Fsp3) is 0.105. The van der Waals surface area contributed by atoms with Crippen molar-refractivity contribution in [3.8, 4) is 0 Å². The molecule has 0 atom stereocenters. The standard InChI is InChI=1S/C19H12ClN3O4S/c20-11-5-7-12(8-6-11)21-19-23(16(25)10-28-19)15(24)9-22-17(26)13-3-1-2-4-14(13)18(22)27/h1-8H,9-10H2. The van der Waals surface area contributed by atoms with Crippen LogP contribution in [0.3, 0.4) is 0 Å².